The van der Waals surface area contributed by atoms with Gasteiger partial charge in [0.15, 0.2) is 6.61 Å². The van der Waals surface area contributed by atoms with Crippen LogP contribution in [0, 0.1) is 10.1 Å². The third-order valence-electron chi connectivity index (χ3n) is 2.63. The van der Waals surface area contributed by atoms with Crippen LogP contribution in [0.4, 0.5) is 5.69 Å². The predicted octanol–water partition coefficient (Wildman–Crippen LogP) is 1.81. The smallest absolute Gasteiger partial charge is 0.295 e. The molecule has 0 saturated carbocycles. The van der Waals surface area contributed by atoms with Gasteiger partial charge < -0.3 is 10.2 Å². The standard InChI is InChI=1S/C11H10Cl2N4O4/c12-7-2-1-3-8(13)10(7)15-11-14-4-5-16(11)9(18)6-21-17(19)20/h1-3H,4-6H2,(H,14,15). The number of hydrogen-bond donors (Lipinski definition) is 1. The highest BCUT2D eigenvalue weighted by atomic mass is 35.5. The van der Waals surface area contributed by atoms with Gasteiger partial charge in [0.1, 0.15) is 0 Å². The van der Waals surface area contributed by atoms with Gasteiger partial charge in [-0.15, -0.1) is 10.1 Å². The maximum atomic E-state index is 11.8. The van der Waals surface area contributed by atoms with Crippen molar-refractivity contribution < 1.29 is 14.7 Å². The highest BCUT2D eigenvalue weighted by molar-refractivity contribution is 6.39. The summed E-state index contributed by atoms with van der Waals surface area (Å²) in [6.07, 6.45) is 0. The molecule has 1 heterocycles. The number of rotatable bonds is 4. The molecule has 10 heteroatoms. The average Bonchev–Trinajstić information content (AvgIpc) is 2.88. The van der Waals surface area contributed by atoms with Gasteiger partial charge in [0.05, 0.1) is 22.3 Å². The van der Waals surface area contributed by atoms with Crippen molar-refractivity contribution in [3.63, 3.8) is 0 Å². The van der Waals surface area contributed by atoms with Gasteiger partial charge in [-0.05, 0) is 12.1 Å². The Morgan fingerprint density at radius 1 is 1.48 bits per heavy atom. The molecule has 1 aromatic carbocycles. The molecule has 1 aliphatic rings. The fourth-order valence-corrected chi connectivity index (χ4v) is 2.20. The Morgan fingerprint density at radius 2 is 2.14 bits per heavy atom. The van der Waals surface area contributed by atoms with Gasteiger partial charge in [-0.1, -0.05) is 29.3 Å². The number of carbonyl (C=O) groups is 1. The average molecular weight is 333 g/mol. The van der Waals surface area contributed by atoms with Crippen LogP contribution in [0.1, 0.15) is 0 Å². The van der Waals surface area contributed by atoms with Crippen LogP contribution in [0.3, 0.4) is 0 Å². The lowest BCUT2D eigenvalue weighted by Crippen LogP contribution is -2.40. The Bertz CT molecular complexity index is 588. The Balaban J connectivity index is 2.09. The zero-order valence-electron chi connectivity index (χ0n) is 10.6. The molecule has 0 fully saturated rings. The number of aliphatic imine (C=N–C) groups is 1. The van der Waals surface area contributed by atoms with Crippen LogP contribution >= 0.6 is 23.2 Å². The number of benzene rings is 1. The quantitative estimate of drug-likeness (QED) is 0.669. The maximum absolute atomic E-state index is 11.8. The first kappa shape index (κ1) is 15.3. The van der Waals surface area contributed by atoms with Gasteiger partial charge in [-0.3, -0.25) is 14.7 Å². The van der Waals surface area contributed by atoms with Crippen molar-refractivity contribution in [1.82, 2.24) is 4.90 Å². The number of para-hydroxylation sites is 1. The minimum absolute atomic E-state index is 0.224. The summed E-state index contributed by atoms with van der Waals surface area (Å²) in [5.41, 5.74) is 0.412. The summed E-state index contributed by atoms with van der Waals surface area (Å²) < 4.78 is 0. The molecule has 0 bridgehead atoms. The van der Waals surface area contributed by atoms with E-state index in [1.165, 1.54) is 4.90 Å². The summed E-state index contributed by atoms with van der Waals surface area (Å²) in [6.45, 7) is -0.0110. The summed E-state index contributed by atoms with van der Waals surface area (Å²) in [5.74, 6) is -0.361. The summed E-state index contributed by atoms with van der Waals surface area (Å²) in [5, 5.41) is 12.7. The Hall–Kier alpha value is -2.06. The van der Waals surface area contributed by atoms with Gasteiger partial charge in [0.25, 0.3) is 11.0 Å². The van der Waals surface area contributed by atoms with E-state index < -0.39 is 17.6 Å². The number of carbonyl (C=O) groups excluding carboxylic acids is 1. The molecule has 0 unspecified atom stereocenters. The Morgan fingerprint density at radius 3 is 2.76 bits per heavy atom. The van der Waals surface area contributed by atoms with Crippen LogP contribution in [-0.4, -0.2) is 41.5 Å². The summed E-state index contributed by atoms with van der Waals surface area (Å²) in [7, 11) is 0. The summed E-state index contributed by atoms with van der Waals surface area (Å²) in [6, 6.07) is 4.95. The van der Waals surface area contributed by atoms with Gasteiger partial charge in [-0.25, -0.2) is 0 Å². The van der Waals surface area contributed by atoms with E-state index in [1.54, 1.807) is 18.2 Å². The molecule has 21 heavy (non-hydrogen) atoms. The molecule has 0 spiro atoms. The zero-order valence-corrected chi connectivity index (χ0v) is 12.1. The maximum Gasteiger partial charge on any atom is 0.295 e. The minimum atomic E-state index is -1.02. The van der Waals surface area contributed by atoms with Crippen molar-refractivity contribution in [2.75, 3.05) is 25.0 Å². The molecule has 0 aromatic heterocycles. The van der Waals surface area contributed by atoms with Crippen molar-refractivity contribution in [3.8, 4) is 0 Å². The van der Waals surface area contributed by atoms with Gasteiger partial charge >= 0.3 is 0 Å². The number of amides is 1. The van der Waals surface area contributed by atoms with Gasteiger partial charge in [0, 0.05) is 6.54 Å². The highest BCUT2D eigenvalue weighted by Crippen LogP contribution is 2.30. The van der Waals surface area contributed by atoms with E-state index in [0.29, 0.717) is 28.8 Å². The van der Waals surface area contributed by atoms with Crippen LogP contribution in [0.5, 0.6) is 0 Å². The number of anilines is 1. The molecular formula is C11H10Cl2N4O4. The summed E-state index contributed by atoms with van der Waals surface area (Å²) >= 11 is 12.0. The van der Waals surface area contributed by atoms with Crippen molar-refractivity contribution in [2.45, 2.75) is 0 Å². The Kier molecular flexibility index (Phi) is 4.81. The van der Waals surface area contributed by atoms with Crippen molar-refractivity contribution in [2.24, 2.45) is 4.99 Å². The van der Waals surface area contributed by atoms with Crippen LogP contribution in [0.2, 0.25) is 10.0 Å². The molecule has 1 aliphatic heterocycles. The second kappa shape index (κ2) is 6.59. The molecule has 0 radical (unpaired) electrons. The lowest BCUT2D eigenvalue weighted by Gasteiger charge is -2.19. The highest BCUT2D eigenvalue weighted by Gasteiger charge is 2.25. The molecule has 1 amide bonds. The second-order valence-corrected chi connectivity index (χ2v) is 4.78. The van der Waals surface area contributed by atoms with Crippen LogP contribution in [-0.2, 0) is 9.63 Å². The largest absolute Gasteiger partial charge is 0.323 e. The molecule has 0 atom stereocenters. The van der Waals surface area contributed by atoms with E-state index in [0.717, 1.165) is 0 Å². The molecule has 8 nitrogen and oxygen atoms in total. The first-order chi connectivity index (χ1) is 9.99. The zero-order chi connectivity index (χ0) is 15.4. The lowest BCUT2D eigenvalue weighted by molar-refractivity contribution is -0.754. The third kappa shape index (κ3) is 3.73. The minimum Gasteiger partial charge on any atom is -0.323 e. The molecule has 1 aromatic rings. The topological polar surface area (TPSA) is 97.1 Å². The molecular weight excluding hydrogens is 323 g/mol. The lowest BCUT2D eigenvalue weighted by atomic mass is 10.3. The van der Waals surface area contributed by atoms with Crippen LogP contribution < -0.4 is 5.32 Å². The van der Waals surface area contributed by atoms with Crippen LogP contribution in [0.15, 0.2) is 23.2 Å². The number of halogens is 2. The van der Waals surface area contributed by atoms with E-state index in [-0.39, 0.29) is 5.96 Å². The SMILES string of the molecule is O=C(CO[N+](=O)[O-])N1CCN=C1Nc1c(Cl)cccc1Cl. The molecule has 1 N–H and O–H groups in total. The van der Waals surface area contributed by atoms with E-state index in [9.17, 15) is 14.9 Å². The monoisotopic (exact) mass is 332 g/mol. The Labute approximate surface area is 129 Å². The molecule has 0 aliphatic carbocycles. The van der Waals surface area contributed by atoms with Crippen molar-refractivity contribution in [3.05, 3.63) is 38.4 Å². The number of nitrogens with one attached hydrogen (secondary N) is 1. The number of hydrogen-bond acceptors (Lipinski definition) is 6. The van der Waals surface area contributed by atoms with Crippen LogP contribution in [0.25, 0.3) is 0 Å². The number of guanidine groups is 1. The summed E-state index contributed by atoms with van der Waals surface area (Å²) in [4.78, 5) is 31.4. The first-order valence-corrected chi connectivity index (χ1v) is 6.58. The molecule has 112 valence electrons. The molecule has 0 saturated heterocycles. The van der Waals surface area contributed by atoms with E-state index in [2.05, 4.69) is 15.1 Å². The van der Waals surface area contributed by atoms with Gasteiger partial charge in [0.2, 0.25) is 5.96 Å². The van der Waals surface area contributed by atoms with Gasteiger partial charge in [-0.2, -0.15) is 0 Å². The first-order valence-electron chi connectivity index (χ1n) is 5.82. The normalized spacial score (nSPS) is 13.8. The van der Waals surface area contributed by atoms with E-state index >= 15 is 0 Å². The fraction of sp³-hybridized carbons (Fsp3) is 0.273. The van der Waals surface area contributed by atoms with Crippen molar-refractivity contribution in [1.29, 1.82) is 0 Å². The second-order valence-electron chi connectivity index (χ2n) is 3.97. The number of nitrogens with zero attached hydrogens (tertiary/aromatic N) is 3. The van der Waals surface area contributed by atoms with E-state index in [1.807, 2.05) is 0 Å². The fourth-order valence-electron chi connectivity index (χ4n) is 1.71. The molecule has 2 rings (SSSR count). The third-order valence-corrected chi connectivity index (χ3v) is 3.26. The predicted molar refractivity (Wildman–Crippen MR) is 77.0 cm³/mol. The van der Waals surface area contributed by atoms with E-state index in [4.69, 9.17) is 23.2 Å². The van der Waals surface area contributed by atoms with Crippen molar-refractivity contribution >= 4 is 40.8 Å².